The highest BCUT2D eigenvalue weighted by Gasteiger charge is 2.15. The van der Waals surface area contributed by atoms with Crippen LogP contribution in [0.4, 0.5) is 0 Å². The smallest absolute Gasteiger partial charge is 0.305 e. The summed E-state index contributed by atoms with van der Waals surface area (Å²) in [6, 6.07) is 8.71. The number of hydrogen-bond donors (Lipinski definition) is 2. The monoisotopic (exact) mass is 251 g/mol. The van der Waals surface area contributed by atoms with Crippen LogP contribution in [0.15, 0.2) is 30.3 Å². The van der Waals surface area contributed by atoms with Crippen molar-refractivity contribution < 1.29 is 19.8 Å². The standard InChI is InChI=1S/C13H17NO4/c15-10-4-8-14(9-7-12(16)17)13(18)11-5-2-1-3-6-11/h1-3,5-6,15H,4,7-10H2,(H,16,17). The number of nitrogens with zero attached hydrogens (tertiary/aromatic N) is 1. The van der Waals surface area contributed by atoms with Crippen molar-refractivity contribution in [2.75, 3.05) is 19.7 Å². The van der Waals surface area contributed by atoms with Crippen LogP contribution in [-0.4, -0.2) is 46.7 Å². The highest BCUT2D eigenvalue weighted by Crippen LogP contribution is 2.06. The predicted molar refractivity (Wildman–Crippen MR) is 66.3 cm³/mol. The minimum Gasteiger partial charge on any atom is -0.481 e. The maximum atomic E-state index is 12.1. The fraction of sp³-hybridized carbons (Fsp3) is 0.385. The van der Waals surface area contributed by atoms with Gasteiger partial charge in [-0.1, -0.05) is 18.2 Å². The summed E-state index contributed by atoms with van der Waals surface area (Å²) in [5.41, 5.74) is 0.529. The molecule has 0 aliphatic carbocycles. The van der Waals surface area contributed by atoms with Crippen LogP contribution >= 0.6 is 0 Å². The van der Waals surface area contributed by atoms with Gasteiger partial charge in [0.05, 0.1) is 6.42 Å². The quantitative estimate of drug-likeness (QED) is 0.757. The molecule has 0 unspecified atom stereocenters. The molecule has 5 heteroatoms. The summed E-state index contributed by atoms with van der Waals surface area (Å²) in [5, 5.41) is 17.4. The minimum absolute atomic E-state index is 0.0222. The van der Waals surface area contributed by atoms with Crippen LogP contribution in [0.25, 0.3) is 0 Å². The Morgan fingerprint density at radius 2 is 1.78 bits per heavy atom. The molecule has 0 radical (unpaired) electrons. The molecule has 5 nitrogen and oxygen atoms in total. The van der Waals surface area contributed by atoms with Crippen molar-refractivity contribution in [1.82, 2.24) is 4.90 Å². The first-order chi connectivity index (χ1) is 8.65. The summed E-state index contributed by atoms with van der Waals surface area (Å²) >= 11 is 0. The maximum Gasteiger partial charge on any atom is 0.305 e. The van der Waals surface area contributed by atoms with Crippen molar-refractivity contribution >= 4 is 11.9 Å². The van der Waals surface area contributed by atoms with E-state index in [1.807, 2.05) is 6.07 Å². The zero-order chi connectivity index (χ0) is 13.4. The first-order valence-corrected chi connectivity index (χ1v) is 5.82. The Hall–Kier alpha value is -1.88. The topological polar surface area (TPSA) is 77.8 Å². The van der Waals surface area contributed by atoms with E-state index < -0.39 is 5.97 Å². The van der Waals surface area contributed by atoms with Crippen LogP contribution in [-0.2, 0) is 4.79 Å². The van der Waals surface area contributed by atoms with Gasteiger partial charge in [0.2, 0.25) is 0 Å². The van der Waals surface area contributed by atoms with E-state index in [4.69, 9.17) is 10.2 Å². The molecule has 0 saturated heterocycles. The summed E-state index contributed by atoms with van der Waals surface area (Å²) in [5.74, 6) is -1.14. The molecule has 0 saturated carbocycles. The zero-order valence-corrected chi connectivity index (χ0v) is 10.1. The lowest BCUT2D eigenvalue weighted by Crippen LogP contribution is -2.34. The van der Waals surface area contributed by atoms with Crippen LogP contribution in [0.5, 0.6) is 0 Å². The lowest BCUT2D eigenvalue weighted by atomic mass is 10.2. The van der Waals surface area contributed by atoms with Crippen LogP contribution < -0.4 is 0 Å². The average Bonchev–Trinajstić information content (AvgIpc) is 2.39. The number of rotatable bonds is 7. The molecule has 0 aliphatic rings. The fourth-order valence-electron chi connectivity index (χ4n) is 1.57. The second kappa shape index (κ2) is 7.45. The van der Waals surface area contributed by atoms with E-state index in [1.54, 1.807) is 24.3 Å². The number of amides is 1. The number of benzene rings is 1. The summed E-state index contributed by atoms with van der Waals surface area (Å²) in [4.78, 5) is 24.1. The van der Waals surface area contributed by atoms with Gasteiger partial charge in [0.15, 0.2) is 0 Å². The summed E-state index contributed by atoms with van der Waals surface area (Å²) < 4.78 is 0. The molecule has 0 bridgehead atoms. The summed E-state index contributed by atoms with van der Waals surface area (Å²) in [7, 11) is 0. The Bertz CT molecular complexity index is 391. The van der Waals surface area contributed by atoms with Crippen molar-refractivity contribution in [1.29, 1.82) is 0 Å². The highest BCUT2D eigenvalue weighted by molar-refractivity contribution is 5.94. The van der Waals surface area contributed by atoms with Gasteiger partial charge in [-0.3, -0.25) is 9.59 Å². The van der Waals surface area contributed by atoms with E-state index in [2.05, 4.69) is 0 Å². The van der Waals surface area contributed by atoms with E-state index in [9.17, 15) is 9.59 Å². The zero-order valence-electron chi connectivity index (χ0n) is 10.1. The number of aliphatic hydroxyl groups excluding tert-OH is 1. The lowest BCUT2D eigenvalue weighted by Gasteiger charge is -2.21. The summed E-state index contributed by atoms with van der Waals surface area (Å²) in [6.45, 7) is 0.492. The molecule has 1 aromatic carbocycles. The molecule has 0 aromatic heterocycles. The van der Waals surface area contributed by atoms with Gasteiger partial charge in [-0.15, -0.1) is 0 Å². The van der Waals surface area contributed by atoms with E-state index >= 15 is 0 Å². The number of carbonyl (C=O) groups excluding carboxylic acids is 1. The maximum absolute atomic E-state index is 12.1. The number of aliphatic hydroxyl groups is 1. The molecule has 2 N–H and O–H groups in total. The normalized spacial score (nSPS) is 10.1. The van der Waals surface area contributed by atoms with E-state index in [1.165, 1.54) is 4.90 Å². The van der Waals surface area contributed by atoms with Crippen LogP contribution in [0, 0.1) is 0 Å². The SMILES string of the molecule is O=C(O)CCN(CCCO)C(=O)c1ccccc1. The number of carbonyl (C=O) groups is 2. The number of carboxylic acids is 1. The Balaban J connectivity index is 2.69. The largest absolute Gasteiger partial charge is 0.481 e. The first-order valence-electron chi connectivity index (χ1n) is 5.82. The molecule has 0 atom stereocenters. The first kappa shape index (κ1) is 14.2. The number of aliphatic carboxylic acids is 1. The average molecular weight is 251 g/mol. The lowest BCUT2D eigenvalue weighted by molar-refractivity contribution is -0.137. The Morgan fingerprint density at radius 3 is 2.33 bits per heavy atom. The third-order valence-electron chi connectivity index (χ3n) is 2.49. The highest BCUT2D eigenvalue weighted by atomic mass is 16.4. The minimum atomic E-state index is -0.940. The molecule has 1 aromatic rings. The Morgan fingerprint density at radius 1 is 1.11 bits per heavy atom. The fourth-order valence-corrected chi connectivity index (χ4v) is 1.57. The Labute approximate surface area is 106 Å². The molecule has 0 fully saturated rings. The molecule has 1 amide bonds. The third kappa shape index (κ3) is 4.55. The van der Waals surface area contributed by atoms with Crippen LogP contribution in [0.2, 0.25) is 0 Å². The second-order valence-electron chi connectivity index (χ2n) is 3.88. The van der Waals surface area contributed by atoms with Gasteiger partial charge in [0.1, 0.15) is 0 Å². The molecule has 98 valence electrons. The molecule has 0 heterocycles. The third-order valence-corrected chi connectivity index (χ3v) is 2.49. The second-order valence-corrected chi connectivity index (χ2v) is 3.88. The Kier molecular flexibility index (Phi) is 5.87. The van der Waals surface area contributed by atoms with Crippen molar-refractivity contribution in [3.63, 3.8) is 0 Å². The number of carboxylic acid groups (broad SMARTS) is 1. The van der Waals surface area contributed by atoms with E-state index in [0.29, 0.717) is 18.5 Å². The molecule has 18 heavy (non-hydrogen) atoms. The predicted octanol–water partition coefficient (Wildman–Crippen LogP) is 0.986. The van der Waals surface area contributed by atoms with Gasteiger partial charge < -0.3 is 15.1 Å². The molecule has 0 spiro atoms. The van der Waals surface area contributed by atoms with Gasteiger partial charge in [-0.25, -0.2) is 0 Å². The molecule has 0 aliphatic heterocycles. The van der Waals surface area contributed by atoms with Gasteiger partial charge >= 0.3 is 5.97 Å². The van der Waals surface area contributed by atoms with Gasteiger partial charge in [0.25, 0.3) is 5.91 Å². The van der Waals surface area contributed by atoms with Gasteiger partial charge in [-0.05, 0) is 18.6 Å². The van der Waals surface area contributed by atoms with Crippen molar-refractivity contribution in [2.45, 2.75) is 12.8 Å². The van der Waals surface area contributed by atoms with Crippen LogP contribution in [0.1, 0.15) is 23.2 Å². The molecule has 1 rings (SSSR count). The molecular formula is C13H17NO4. The van der Waals surface area contributed by atoms with Gasteiger partial charge in [-0.2, -0.15) is 0 Å². The number of hydrogen-bond acceptors (Lipinski definition) is 3. The van der Waals surface area contributed by atoms with Crippen molar-refractivity contribution in [3.8, 4) is 0 Å². The van der Waals surface area contributed by atoms with E-state index in [0.717, 1.165) is 0 Å². The summed E-state index contributed by atoms with van der Waals surface area (Å²) in [6.07, 6.45) is 0.349. The van der Waals surface area contributed by atoms with Crippen molar-refractivity contribution in [3.05, 3.63) is 35.9 Å². The molecular weight excluding hydrogens is 234 g/mol. The van der Waals surface area contributed by atoms with E-state index in [-0.39, 0.29) is 25.5 Å². The van der Waals surface area contributed by atoms with Crippen molar-refractivity contribution in [2.24, 2.45) is 0 Å². The van der Waals surface area contributed by atoms with Gasteiger partial charge in [0, 0.05) is 25.3 Å². The van der Waals surface area contributed by atoms with Crippen LogP contribution in [0.3, 0.4) is 0 Å².